The van der Waals surface area contributed by atoms with Gasteiger partial charge in [-0.3, -0.25) is 9.69 Å². The Morgan fingerprint density at radius 1 is 1.13 bits per heavy atom. The van der Waals surface area contributed by atoms with E-state index in [9.17, 15) is 13.2 Å². The summed E-state index contributed by atoms with van der Waals surface area (Å²) in [7, 11) is -3.42. The monoisotopic (exact) mass is 479 g/mol. The van der Waals surface area contributed by atoms with Crippen molar-refractivity contribution in [1.82, 2.24) is 9.88 Å². The van der Waals surface area contributed by atoms with Crippen molar-refractivity contribution in [2.45, 2.75) is 25.7 Å². The van der Waals surface area contributed by atoms with Crippen LogP contribution in [0.5, 0.6) is 0 Å². The second-order valence-electron chi connectivity index (χ2n) is 7.35. The molecule has 0 aliphatic heterocycles. The van der Waals surface area contributed by atoms with E-state index in [2.05, 4.69) is 18.7 Å². The smallest absolute Gasteiger partial charge is 0.260 e. The predicted molar refractivity (Wildman–Crippen MR) is 128 cm³/mol. The Kier molecular flexibility index (Phi) is 7.36. The van der Waals surface area contributed by atoms with Gasteiger partial charge in [0.25, 0.3) is 5.91 Å². The molecule has 1 amide bonds. The molecule has 1 aromatic heterocycles. The third kappa shape index (κ3) is 5.44. The number of anilines is 1. The first kappa shape index (κ1) is 23.7. The van der Waals surface area contributed by atoms with Gasteiger partial charge in [-0.05, 0) is 55.9 Å². The molecule has 31 heavy (non-hydrogen) atoms. The van der Waals surface area contributed by atoms with Gasteiger partial charge in [0.15, 0.2) is 15.0 Å². The molecule has 0 fully saturated rings. The Morgan fingerprint density at radius 3 is 2.48 bits per heavy atom. The number of halogens is 1. The van der Waals surface area contributed by atoms with Crippen LogP contribution in [0.15, 0.2) is 41.3 Å². The Morgan fingerprint density at radius 2 is 1.84 bits per heavy atom. The quantitative estimate of drug-likeness (QED) is 0.470. The van der Waals surface area contributed by atoms with Gasteiger partial charge >= 0.3 is 0 Å². The highest BCUT2D eigenvalue weighted by Crippen LogP contribution is 2.33. The number of amides is 1. The zero-order valence-corrected chi connectivity index (χ0v) is 20.4. The van der Waals surface area contributed by atoms with Gasteiger partial charge in [0.2, 0.25) is 0 Å². The van der Waals surface area contributed by atoms with Crippen LogP contribution < -0.4 is 4.90 Å². The summed E-state index contributed by atoms with van der Waals surface area (Å²) in [5, 5.41) is 1.20. The van der Waals surface area contributed by atoms with Gasteiger partial charge in [-0.1, -0.05) is 42.9 Å². The number of benzene rings is 2. The van der Waals surface area contributed by atoms with E-state index >= 15 is 0 Å². The average molecular weight is 480 g/mol. The Hall–Kier alpha value is -2.00. The van der Waals surface area contributed by atoms with Gasteiger partial charge in [0, 0.05) is 29.9 Å². The lowest BCUT2D eigenvalue weighted by molar-refractivity contribution is 0.0983. The van der Waals surface area contributed by atoms with Crippen molar-refractivity contribution in [1.29, 1.82) is 0 Å². The SMILES string of the molecule is CCN(CC)CCN(C(=O)c1cccc(S(C)(=O)=O)c1)c1nc2c(C)cc(Cl)cc2s1. The molecule has 0 aliphatic carbocycles. The van der Waals surface area contributed by atoms with Crippen LogP contribution in [0.4, 0.5) is 5.13 Å². The number of likely N-dealkylation sites (N-methyl/N-ethyl adjacent to an activating group) is 1. The first-order valence-electron chi connectivity index (χ1n) is 10.0. The highest BCUT2D eigenvalue weighted by atomic mass is 35.5. The van der Waals surface area contributed by atoms with E-state index in [0.717, 1.165) is 35.1 Å². The number of carbonyl (C=O) groups excluding carboxylic acids is 1. The Labute approximate surface area is 192 Å². The molecule has 3 aromatic rings. The van der Waals surface area contributed by atoms with E-state index in [-0.39, 0.29) is 10.8 Å². The molecule has 0 atom stereocenters. The van der Waals surface area contributed by atoms with E-state index in [1.54, 1.807) is 17.0 Å². The number of thiazole rings is 1. The first-order valence-corrected chi connectivity index (χ1v) is 13.1. The van der Waals surface area contributed by atoms with Crippen molar-refractivity contribution in [3.8, 4) is 0 Å². The van der Waals surface area contributed by atoms with Crippen molar-refractivity contribution in [3.63, 3.8) is 0 Å². The molecule has 0 saturated heterocycles. The summed E-state index contributed by atoms with van der Waals surface area (Å²) < 4.78 is 24.9. The molecule has 0 aliphatic rings. The molecular formula is C22H26ClN3O3S2. The van der Waals surface area contributed by atoms with Crippen LogP contribution in [0.25, 0.3) is 10.2 Å². The number of nitrogens with zero attached hydrogens (tertiary/aromatic N) is 3. The van der Waals surface area contributed by atoms with Crippen LogP contribution in [-0.4, -0.2) is 56.6 Å². The number of aromatic nitrogens is 1. The minimum Gasteiger partial charge on any atom is -0.302 e. The number of hydrogen-bond donors (Lipinski definition) is 0. The molecule has 0 unspecified atom stereocenters. The number of rotatable bonds is 8. The van der Waals surface area contributed by atoms with E-state index in [4.69, 9.17) is 16.6 Å². The average Bonchev–Trinajstić information content (AvgIpc) is 3.14. The third-order valence-corrected chi connectivity index (χ3v) is 7.51. The molecule has 6 nitrogen and oxygen atoms in total. The number of fused-ring (bicyclic) bond motifs is 1. The summed E-state index contributed by atoms with van der Waals surface area (Å²) in [5.74, 6) is -0.277. The highest BCUT2D eigenvalue weighted by Gasteiger charge is 2.23. The fourth-order valence-corrected chi connectivity index (χ4v) is 5.45. The zero-order chi connectivity index (χ0) is 22.8. The normalized spacial score (nSPS) is 11.9. The van der Waals surface area contributed by atoms with Crippen molar-refractivity contribution in [2.24, 2.45) is 0 Å². The van der Waals surface area contributed by atoms with Crippen LogP contribution >= 0.6 is 22.9 Å². The van der Waals surface area contributed by atoms with E-state index < -0.39 is 9.84 Å². The minimum atomic E-state index is -3.42. The van der Waals surface area contributed by atoms with Crippen LogP contribution in [0, 0.1) is 6.92 Å². The third-order valence-electron chi connectivity index (χ3n) is 5.16. The van der Waals surface area contributed by atoms with Crippen molar-refractivity contribution in [3.05, 3.63) is 52.5 Å². The fourth-order valence-electron chi connectivity index (χ4n) is 3.34. The van der Waals surface area contributed by atoms with Crippen LogP contribution in [0.3, 0.4) is 0 Å². The molecule has 0 bridgehead atoms. The van der Waals surface area contributed by atoms with Crippen LogP contribution in [0.2, 0.25) is 5.02 Å². The number of aryl methyl sites for hydroxylation is 1. The predicted octanol–water partition coefficient (Wildman–Crippen LogP) is 4.65. The Balaban J connectivity index is 2.04. The van der Waals surface area contributed by atoms with Gasteiger partial charge < -0.3 is 4.90 Å². The molecule has 3 rings (SSSR count). The van der Waals surface area contributed by atoms with E-state index in [1.165, 1.54) is 23.5 Å². The summed E-state index contributed by atoms with van der Waals surface area (Å²) >= 11 is 7.61. The van der Waals surface area contributed by atoms with Gasteiger partial charge in [-0.2, -0.15) is 0 Å². The van der Waals surface area contributed by atoms with Crippen molar-refractivity contribution < 1.29 is 13.2 Å². The summed E-state index contributed by atoms with van der Waals surface area (Å²) in [6, 6.07) is 9.85. The lowest BCUT2D eigenvalue weighted by Gasteiger charge is -2.25. The maximum Gasteiger partial charge on any atom is 0.260 e. The molecule has 9 heteroatoms. The summed E-state index contributed by atoms with van der Waals surface area (Å²) in [5.41, 5.74) is 2.08. The van der Waals surface area contributed by atoms with Crippen molar-refractivity contribution >= 4 is 54.0 Å². The van der Waals surface area contributed by atoms with E-state index in [1.807, 2.05) is 19.1 Å². The first-order chi connectivity index (χ1) is 14.6. The molecule has 2 aromatic carbocycles. The largest absolute Gasteiger partial charge is 0.302 e. The van der Waals surface area contributed by atoms with Gasteiger partial charge in [0.1, 0.15) is 0 Å². The molecule has 0 saturated carbocycles. The number of hydrogen-bond acceptors (Lipinski definition) is 6. The van der Waals surface area contributed by atoms with Gasteiger partial charge in [-0.25, -0.2) is 13.4 Å². The topological polar surface area (TPSA) is 70.6 Å². The summed E-state index contributed by atoms with van der Waals surface area (Å²) in [6.07, 6.45) is 1.13. The molecule has 1 heterocycles. The standard InChI is InChI=1S/C22H26ClN3O3S2/c1-5-25(6-2)10-11-26(21(27)16-8-7-9-18(13-16)31(4,28)29)22-24-20-15(3)12-17(23)14-19(20)30-22/h7-9,12-14H,5-6,10-11H2,1-4H3. The zero-order valence-electron chi connectivity index (χ0n) is 18.1. The fraction of sp³-hybridized carbons (Fsp3) is 0.364. The second kappa shape index (κ2) is 9.65. The maximum absolute atomic E-state index is 13.5. The summed E-state index contributed by atoms with van der Waals surface area (Å²) in [4.78, 5) is 22.2. The van der Waals surface area contributed by atoms with E-state index in [0.29, 0.717) is 28.8 Å². The number of sulfone groups is 1. The van der Waals surface area contributed by atoms with Gasteiger partial charge in [0.05, 0.1) is 15.1 Å². The molecule has 166 valence electrons. The lowest BCUT2D eigenvalue weighted by atomic mass is 10.2. The second-order valence-corrected chi connectivity index (χ2v) is 10.8. The van der Waals surface area contributed by atoms with Crippen molar-refractivity contribution in [2.75, 3.05) is 37.3 Å². The molecule has 0 N–H and O–H groups in total. The van der Waals surface area contributed by atoms with Crippen LogP contribution in [0.1, 0.15) is 29.8 Å². The molecule has 0 spiro atoms. The summed E-state index contributed by atoms with van der Waals surface area (Å²) in [6.45, 7) is 8.96. The number of carbonyl (C=O) groups is 1. The molecular weight excluding hydrogens is 454 g/mol. The highest BCUT2D eigenvalue weighted by molar-refractivity contribution is 7.90. The maximum atomic E-state index is 13.5. The molecule has 0 radical (unpaired) electrons. The Bertz CT molecular complexity index is 1200. The van der Waals surface area contributed by atoms with Gasteiger partial charge in [-0.15, -0.1) is 0 Å². The lowest BCUT2D eigenvalue weighted by Crippen LogP contribution is -2.39. The van der Waals surface area contributed by atoms with Crippen LogP contribution in [-0.2, 0) is 9.84 Å². The minimum absolute atomic E-state index is 0.119.